The van der Waals surface area contributed by atoms with E-state index < -0.39 is 0 Å². The van der Waals surface area contributed by atoms with E-state index in [4.69, 9.17) is 0 Å². The summed E-state index contributed by atoms with van der Waals surface area (Å²) >= 11 is 0. The highest BCUT2D eigenvalue weighted by molar-refractivity contribution is 6.00. The van der Waals surface area contributed by atoms with Crippen LogP contribution in [0.25, 0.3) is 0 Å². The van der Waals surface area contributed by atoms with E-state index in [2.05, 4.69) is 20.9 Å². The molecular weight excluding hydrogens is 232 g/mol. The van der Waals surface area contributed by atoms with Crippen molar-refractivity contribution in [1.82, 2.24) is 15.6 Å². The number of nitrogens with zero attached hydrogens (tertiary/aromatic N) is 1. The van der Waals surface area contributed by atoms with Gasteiger partial charge in [0.2, 0.25) is 5.91 Å². The van der Waals surface area contributed by atoms with Crippen LogP contribution in [0.2, 0.25) is 0 Å². The van der Waals surface area contributed by atoms with Gasteiger partial charge in [0.15, 0.2) is 0 Å². The number of nitrogens with one attached hydrogen (secondary N) is 3. The monoisotopic (exact) mass is 248 g/mol. The predicted molar refractivity (Wildman–Crippen MR) is 67.3 cm³/mol. The van der Waals surface area contributed by atoms with E-state index in [0.717, 1.165) is 12.8 Å². The van der Waals surface area contributed by atoms with Gasteiger partial charge in [-0.05, 0) is 25.0 Å². The largest absolute Gasteiger partial charge is 0.372 e. The Kier molecular flexibility index (Phi) is 3.76. The van der Waals surface area contributed by atoms with Crippen LogP contribution in [0.15, 0.2) is 18.3 Å². The first-order valence-electron chi connectivity index (χ1n) is 5.91. The molecule has 1 aliphatic carbocycles. The summed E-state index contributed by atoms with van der Waals surface area (Å²) < 4.78 is 0. The second-order valence-electron chi connectivity index (χ2n) is 4.17. The maximum atomic E-state index is 11.9. The molecule has 96 valence electrons. The van der Waals surface area contributed by atoms with E-state index in [0.29, 0.717) is 17.4 Å². The zero-order chi connectivity index (χ0) is 13.0. The summed E-state index contributed by atoms with van der Waals surface area (Å²) in [5.41, 5.74) is 0.430. The van der Waals surface area contributed by atoms with Crippen molar-refractivity contribution in [3.8, 4) is 0 Å². The van der Waals surface area contributed by atoms with Crippen molar-refractivity contribution in [2.75, 3.05) is 18.9 Å². The fraction of sp³-hybridized carbons (Fsp3) is 0.417. The number of pyridine rings is 1. The molecule has 1 saturated carbocycles. The normalized spacial score (nSPS) is 13.8. The quantitative estimate of drug-likeness (QED) is 0.691. The predicted octanol–water partition coefficient (Wildman–Crippen LogP) is 0.132. The van der Waals surface area contributed by atoms with Crippen molar-refractivity contribution in [2.24, 2.45) is 0 Å². The zero-order valence-corrected chi connectivity index (χ0v) is 10.2. The molecule has 0 aromatic carbocycles. The van der Waals surface area contributed by atoms with Gasteiger partial charge in [0.1, 0.15) is 5.82 Å². The van der Waals surface area contributed by atoms with Crippen LogP contribution < -0.4 is 16.0 Å². The maximum Gasteiger partial charge on any atom is 0.255 e. The minimum Gasteiger partial charge on any atom is -0.372 e. The Morgan fingerprint density at radius 1 is 1.44 bits per heavy atom. The molecule has 0 spiro atoms. The molecule has 1 aromatic heterocycles. The van der Waals surface area contributed by atoms with Crippen LogP contribution in [-0.2, 0) is 4.79 Å². The summed E-state index contributed by atoms with van der Waals surface area (Å²) in [5, 5.41) is 8.21. The third-order valence-electron chi connectivity index (χ3n) is 2.64. The van der Waals surface area contributed by atoms with Crippen LogP contribution in [0, 0.1) is 0 Å². The first-order valence-corrected chi connectivity index (χ1v) is 5.91. The van der Waals surface area contributed by atoms with Gasteiger partial charge in [-0.2, -0.15) is 0 Å². The second kappa shape index (κ2) is 5.48. The lowest BCUT2D eigenvalue weighted by Crippen LogP contribution is -2.38. The first kappa shape index (κ1) is 12.3. The van der Waals surface area contributed by atoms with E-state index in [1.165, 1.54) is 0 Å². The van der Waals surface area contributed by atoms with Crippen LogP contribution in [0.5, 0.6) is 0 Å². The van der Waals surface area contributed by atoms with Crippen LogP contribution >= 0.6 is 0 Å². The minimum absolute atomic E-state index is 0.00657. The number of carbonyl (C=O) groups excluding carboxylic acids is 2. The number of amides is 2. The van der Waals surface area contributed by atoms with Crippen molar-refractivity contribution < 1.29 is 9.59 Å². The van der Waals surface area contributed by atoms with E-state index in [1.807, 2.05) is 0 Å². The number of anilines is 1. The molecule has 18 heavy (non-hydrogen) atoms. The highest BCUT2D eigenvalue weighted by Crippen LogP contribution is 2.18. The van der Waals surface area contributed by atoms with Gasteiger partial charge in [-0.15, -0.1) is 0 Å². The molecule has 0 aliphatic heterocycles. The van der Waals surface area contributed by atoms with Crippen LogP contribution in [0.1, 0.15) is 23.2 Å². The summed E-state index contributed by atoms with van der Waals surface area (Å²) in [6.45, 7) is -0.00657. The van der Waals surface area contributed by atoms with Gasteiger partial charge in [0.25, 0.3) is 5.91 Å². The number of rotatable bonds is 5. The lowest BCUT2D eigenvalue weighted by molar-refractivity contribution is -0.120. The fourth-order valence-corrected chi connectivity index (χ4v) is 1.55. The van der Waals surface area contributed by atoms with E-state index in [-0.39, 0.29) is 18.4 Å². The Bertz CT molecular complexity index is 457. The average molecular weight is 248 g/mol. The molecule has 6 nitrogen and oxygen atoms in total. The Morgan fingerprint density at radius 3 is 2.89 bits per heavy atom. The second-order valence-corrected chi connectivity index (χ2v) is 4.17. The smallest absolute Gasteiger partial charge is 0.255 e. The molecule has 0 radical (unpaired) electrons. The third kappa shape index (κ3) is 3.19. The van der Waals surface area contributed by atoms with Gasteiger partial charge in [-0.25, -0.2) is 4.98 Å². The average Bonchev–Trinajstić information content (AvgIpc) is 3.19. The SMILES string of the molecule is CNc1ncccc1C(=O)NCC(=O)NC1CC1. The van der Waals surface area contributed by atoms with E-state index in [9.17, 15) is 9.59 Å². The Hall–Kier alpha value is -2.11. The number of aromatic nitrogens is 1. The van der Waals surface area contributed by atoms with Gasteiger partial charge < -0.3 is 16.0 Å². The summed E-state index contributed by atoms with van der Waals surface area (Å²) in [4.78, 5) is 27.3. The van der Waals surface area contributed by atoms with Crippen molar-refractivity contribution >= 4 is 17.6 Å². The minimum atomic E-state index is -0.307. The highest BCUT2D eigenvalue weighted by atomic mass is 16.2. The lowest BCUT2D eigenvalue weighted by atomic mass is 10.2. The van der Waals surface area contributed by atoms with Crippen molar-refractivity contribution in [3.63, 3.8) is 0 Å². The molecule has 3 N–H and O–H groups in total. The van der Waals surface area contributed by atoms with Gasteiger partial charge in [-0.1, -0.05) is 0 Å². The molecule has 6 heteroatoms. The summed E-state index contributed by atoms with van der Waals surface area (Å²) in [6.07, 6.45) is 3.67. The number of hydrogen-bond donors (Lipinski definition) is 3. The lowest BCUT2D eigenvalue weighted by Gasteiger charge is -2.08. The zero-order valence-electron chi connectivity index (χ0n) is 10.2. The first-order chi connectivity index (χ1) is 8.70. The molecule has 2 amide bonds. The molecule has 0 atom stereocenters. The maximum absolute atomic E-state index is 11.9. The highest BCUT2D eigenvalue weighted by Gasteiger charge is 2.23. The van der Waals surface area contributed by atoms with Crippen LogP contribution in [-0.4, -0.2) is 36.4 Å². The Labute approximate surface area is 105 Å². The Morgan fingerprint density at radius 2 is 2.22 bits per heavy atom. The summed E-state index contributed by atoms with van der Waals surface area (Å²) in [7, 11) is 1.69. The van der Waals surface area contributed by atoms with E-state index in [1.54, 1.807) is 25.4 Å². The van der Waals surface area contributed by atoms with Crippen molar-refractivity contribution in [3.05, 3.63) is 23.9 Å². The number of hydrogen-bond acceptors (Lipinski definition) is 4. The Balaban J connectivity index is 1.88. The third-order valence-corrected chi connectivity index (χ3v) is 2.64. The van der Waals surface area contributed by atoms with Gasteiger partial charge in [-0.3, -0.25) is 9.59 Å². The number of carbonyl (C=O) groups is 2. The molecule has 0 bridgehead atoms. The molecule has 2 rings (SSSR count). The fourth-order valence-electron chi connectivity index (χ4n) is 1.55. The van der Waals surface area contributed by atoms with Crippen LogP contribution in [0.3, 0.4) is 0 Å². The van der Waals surface area contributed by atoms with E-state index >= 15 is 0 Å². The molecule has 1 aliphatic rings. The molecular formula is C12H16N4O2. The van der Waals surface area contributed by atoms with Crippen molar-refractivity contribution in [2.45, 2.75) is 18.9 Å². The summed E-state index contributed by atoms with van der Waals surface area (Å²) in [5.74, 6) is 0.0387. The molecule has 1 fully saturated rings. The van der Waals surface area contributed by atoms with Gasteiger partial charge in [0.05, 0.1) is 12.1 Å². The van der Waals surface area contributed by atoms with Crippen LogP contribution in [0.4, 0.5) is 5.82 Å². The van der Waals surface area contributed by atoms with Gasteiger partial charge >= 0.3 is 0 Å². The van der Waals surface area contributed by atoms with Gasteiger partial charge in [0, 0.05) is 19.3 Å². The topological polar surface area (TPSA) is 83.1 Å². The molecule has 1 heterocycles. The molecule has 0 unspecified atom stereocenters. The molecule has 1 aromatic rings. The van der Waals surface area contributed by atoms with Crippen molar-refractivity contribution in [1.29, 1.82) is 0 Å². The molecule has 0 saturated heterocycles. The standard InChI is InChI=1S/C12H16N4O2/c1-13-11-9(3-2-6-14-11)12(18)15-7-10(17)16-8-4-5-8/h2-3,6,8H,4-5,7H2,1H3,(H,13,14)(H,15,18)(H,16,17). The summed E-state index contributed by atoms with van der Waals surface area (Å²) in [6, 6.07) is 3.65.